The van der Waals surface area contributed by atoms with Crippen molar-refractivity contribution in [3.8, 4) is 17.2 Å². The van der Waals surface area contributed by atoms with Crippen LogP contribution in [-0.4, -0.2) is 56.5 Å². The minimum atomic E-state index is -3.97. The third-order valence-corrected chi connectivity index (χ3v) is 8.63. The quantitative estimate of drug-likeness (QED) is 0.405. The molecule has 0 aliphatic carbocycles. The highest BCUT2D eigenvalue weighted by atomic mass is 32.2. The summed E-state index contributed by atoms with van der Waals surface area (Å²) in [6.07, 6.45) is 5.24. The van der Waals surface area contributed by atoms with E-state index >= 15 is 0 Å². The molecule has 1 saturated heterocycles. The SMILES string of the molecule is CC1(C)SCCN(S(=O)(=O)c2ccc(Oc3ccc(-n4ccnc4)cc3)cc2)C1C(=O)NO. The molecular weight excluding hydrogens is 464 g/mol. The van der Waals surface area contributed by atoms with Gasteiger partial charge in [-0.2, -0.15) is 16.1 Å². The van der Waals surface area contributed by atoms with Crippen molar-refractivity contribution < 1.29 is 23.2 Å². The molecule has 9 nitrogen and oxygen atoms in total. The molecule has 1 aliphatic rings. The van der Waals surface area contributed by atoms with Crippen LogP contribution in [0.2, 0.25) is 0 Å². The number of nitrogens with one attached hydrogen (secondary N) is 1. The number of hydroxylamine groups is 1. The van der Waals surface area contributed by atoms with E-state index in [2.05, 4.69) is 4.98 Å². The van der Waals surface area contributed by atoms with Gasteiger partial charge in [0.15, 0.2) is 0 Å². The normalized spacial score (nSPS) is 18.6. The van der Waals surface area contributed by atoms with Gasteiger partial charge < -0.3 is 9.30 Å². The van der Waals surface area contributed by atoms with E-state index in [-0.39, 0.29) is 11.4 Å². The van der Waals surface area contributed by atoms with Gasteiger partial charge in [0, 0.05) is 35.1 Å². The zero-order valence-corrected chi connectivity index (χ0v) is 19.7. The fourth-order valence-electron chi connectivity index (χ4n) is 3.77. The Hall–Kier alpha value is -2.86. The van der Waals surface area contributed by atoms with Gasteiger partial charge in [0.1, 0.15) is 17.5 Å². The Labute approximate surface area is 196 Å². The van der Waals surface area contributed by atoms with Crippen molar-refractivity contribution in [1.82, 2.24) is 19.3 Å². The first-order valence-electron chi connectivity index (χ1n) is 10.2. The van der Waals surface area contributed by atoms with Gasteiger partial charge in [0.2, 0.25) is 10.0 Å². The van der Waals surface area contributed by atoms with Crippen LogP contribution < -0.4 is 10.2 Å². The second-order valence-electron chi connectivity index (χ2n) is 7.98. The lowest BCUT2D eigenvalue weighted by molar-refractivity contribution is -0.134. The summed E-state index contributed by atoms with van der Waals surface area (Å²) in [7, 11) is -3.97. The molecule has 1 amide bonds. The summed E-state index contributed by atoms with van der Waals surface area (Å²) in [5.74, 6) is 0.861. The highest BCUT2D eigenvalue weighted by Crippen LogP contribution is 2.38. The molecule has 0 saturated carbocycles. The van der Waals surface area contributed by atoms with Gasteiger partial charge in [0.25, 0.3) is 5.91 Å². The summed E-state index contributed by atoms with van der Waals surface area (Å²) in [6.45, 7) is 3.73. The fraction of sp³-hybridized carbons (Fsp3) is 0.273. The first-order valence-corrected chi connectivity index (χ1v) is 12.6. The molecule has 1 aromatic heterocycles. The van der Waals surface area contributed by atoms with Crippen LogP contribution in [0.4, 0.5) is 0 Å². The molecule has 33 heavy (non-hydrogen) atoms. The monoisotopic (exact) mass is 488 g/mol. The van der Waals surface area contributed by atoms with Crippen molar-refractivity contribution in [3.63, 3.8) is 0 Å². The summed E-state index contributed by atoms with van der Waals surface area (Å²) in [4.78, 5) is 16.4. The number of amides is 1. The minimum absolute atomic E-state index is 0.0451. The van der Waals surface area contributed by atoms with E-state index in [1.165, 1.54) is 23.9 Å². The van der Waals surface area contributed by atoms with Crippen LogP contribution in [-0.2, 0) is 14.8 Å². The van der Waals surface area contributed by atoms with Crippen molar-refractivity contribution in [1.29, 1.82) is 0 Å². The van der Waals surface area contributed by atoms with Gasteiger partial charge in [-0.3, -0.25) is 10.0 Å². The molecule has 4 rings (SSSR count). The molecule has 1 aliphatic heterocycles. The first-order chi connectivity index (χ1) is 15.7. The van der Waals surface area contributed by atoms with Gasteiger partial charge in [-0.05, 0) is 62.4 Å². The molecule has 2 N–H and O–H groups in total. The number of carbonyl (C=O) groups is 1. The topological polar surface area (TPSA) is 114 Å². The average Bonchev–Trinajstić information content (AvgIpc) is 3.34. The van der Waals surface area contributed by atoms with E-state index in [1.807, 2.05) is 35.0 Å². The largest absolute Gasteiger partial charge is 0.457 e. The molecule has 1 atom stereocenters. The molecule has 1 unspecified atom stereocenters. The van der Waals surface area contributed by atoms with Crippen LogP contribution in [0.5, 0.6) is 11.5 Å². The van der Waals surface area contributed by atoms with Crippen molar-refractivity contribution in [2.45, 2.75) is 29.5 Å². The average molecular weight is 489 g/mol. The summed E-state index contributed by atoms with van der Waals surface area (Å²) in [5.41, 5.74) is 2.55. The maximum absolute atomic E-state index is 13.3. The van der Waals surface area contributed by atoms with E-state index < -0.39 is 26.7 Å². The number of nitrogens with zero attached hydrogens (tertiary/aromatic N) is 3. The highest BCUT2D eigenvalue weighted by Gasteiger charge is 2.48. The van der Waals surface area contributed by atoms with Crippen molar-refractivity contribution in [3.05, 3.63) is 67.3 Å². The number of sulfonamides is 1. The van der Waals surface area contributed by atoms with Crippen LogP contribution in [0.3, 0.4) is 0 Å². The first kappa shape index (κ1) is 23.3. The number of imidazole rings is 1. The van der Waals surface area contributed by atoms with Gasteiger partial charge in [-0.25, -0.2) is 18.9 Å². The molecule has 0 bridgehead atoms. The third-order valence-electron chi connectivity index (χ3n) is 5.40. The Morgan fingerprint density at radius 3 is 2.36 bits per heavy atom. The lowest BCUT2D eigenvalue weighted by atomic mass is 10.0. The van der Waals surface area contributed by atoms with E-state index in [4.69, 9.17) is 9.94 Å². The number of hydrogen-bond donors (Lipinski definition) is 2. The van der Waals surface area contributed by atoms with E-state index in [0.29, 0.717) is 17.3 Å². The number of thioether (sulfide) groups is 1. The second kappa shape index (κ2) is 9.18. The van der Waals surface area contributed by atoms with Crippen LogP contribution in [0.25, 0.3) is 5.69 Å². The lowest BCUT2D eigenvalue weighted by Crippen LogP contribution is -2.61. The number of hydrogen-bond acceptors (Lipinski definition) is 7. The van der Waals surface area contributed by atoms with Crippen LogP contribution in [0.15, 0.2) is 72.1 Å². The van der Waals surface area contributed by atoms with Crippen molar-refractivity contribution >= 4 is 27.7 Å². The predicted octanol–water partition coefficient (Wildman–Crippen LogP) is 3.05. The third kappa shape index (κ3) is 4.76. The Kier molecular flexibility index (Phi) is 6.48. The Morgan fingerprint density at radius 2 is 1.79 bits per heavy atom. The van der Waals surface area contributed by atoms with Gasteiger partial charge >= 0.3 is 0 Å². The van der Waals surface area contributed by atoms with Crippen LogP contribution >= 0.6 is 11.8 Å². The number of ether oxygens (including phenoxy) is 1. The van der Waals surface area contributed by atoms with E-state index in [1.54, 1.807) is 44.0 Å². The standard InChI is InChI=1S/C22H24N4O5S2/c1-22(2)20(21(27)24-28)26(13-14-32-22)33(29,30)19-9-7-18(8-10-19)31-17-5-3-16(4-6-17)25-12-11-23-15-25/h3-12,15,20,28H,13-14H2,1-2H3,(H,24,27). The molecular formula is C22H24N4O5S2. The maximum Gasteiger partial charge on any atom is 0.263 e. The molecule has 3 aromatic rings. The summed E-state index contributed by atoms with van der Waals surface area (Å²) >= 11 is 1.49. The number of carbonyl (C=O) groups excluding carboxylic acids is 1. The second-order valence-corrected chi connectivity index (χ2v) is 11.6. The zero-order valence-electron chi connectivity index (χ0n) is 18.1. The zero-order chi connectivity index (χ0) is 23.6. The number of aromatic nitrogens is 2. The van der Waals surface area contributed by atoms with Gasteiger partial charge in [0.05, 0.1) is 11.2 Å². The summed E-state index contributed by atoms with van der Waals surface area (Å²) < 4.78 is 34.8. The maximum atomic E-state index is 13.3. The molecule has 2 aromatic carbocycles. The van der Waals surface area contributed by atoms with Gasteiger partial charge in [-0.15, -0.1) is 0 Å². The lowest BCUT2D eigenvalue weighted by Gasteiger charge is -2.43. The minimum Gasteiger partial charge on any atom is -0.457 e. The van der Waals surface area contributed by atoms with Crippen molar-refractivity contribution in [2.24, 2.45) is 0 Å². The molecule has 2 heterocycles. The molecule has 1 fully saturated rings. The van der Waals surface area contributed by atoms with Crippen LogP contribution in [0, 0.1) is 0 Å². The molecule has 0 spiro atoms. The number of rotatable bonds is 6. The smallest absolute Gasteiger partial charge is 0.263 e. The van der Waals surface area contributed by atoms with E-state index in [0.717, 1.165) is 9.99 Å². The number of benzene rings is 2. The molecule has 0 radical (unpaired) electrons. The van der Waals surface area contributed by atoms with Crippen LogP contribution in [0.1, 0.15) is 13.8 Å². The Balaban J connectivity index is 1.52. The Morgan fingerprint density at radius 1 is 1.15 bits per heavy atom. The summed E-state index contributed by atoms with van der Waals surface area (Å²) in [5, 5.41) is 9.17. The summed E-state index contributed by atoms with van der Waals surface area (Å²) in [6, 6.07) is 12.4. The van der Waals surface area contributed by atoms with Gasteiger partial charge in [-0.1, -0.05) is 0 Å². The molecule has 11 heteroatoms. The highest BCUT2D eigenvalue weighted by molar-refractivity contribution is 8.00. The Bertz CT molecular complexity index is 1210. The fourth-order valence-corrected chi connectivity index (χ4v) is 6.88. The predicted molar refractivity (Wildman–Crippen MR) is 124 cm³/mol. The van der Waals surface area contributed by atoms with Crippen molar-refractivity contribution in [2.75, 3.05) is 12.3 Å². The molecule has 174 valence electrons. The van der Waals surface area contributed by atoms with E-state index in [9.17, 15) is 13.2 Å².